The summed E-state index contributed by atoms with van der Waals surface area (Å²) >= 11 is 6.04. The maximum Gasteiger partial charge on any atom is 0.0862 e. The molecule has 0 spiro atoms. The van der Waals surface area contributed by atoms with Crippen molar-refractivity contribution in [3.05, 3.63) is 53.3 Å². The molecule has 2 aromatic rings. The van der Waals surface area contributed by atoms with Gasteiger partial charge in [-0.25, -0.2) is 0 Å². The van der Waals surface area contributed by atoms with Gasteiger partial charge in [-0.3, -0.25) is 14.5 Å². The number of hydrogen-bond acceptors (Lipinski definition) is 4. The Kier molecular flexibility index (Phi) is 5.67. The van der Waals surface area contributed by atoms with Gasteiger partial charge >= 0.3 is 0 Å². The van der Waals surface area contributed by atoms with Gasteiger partial charge in [0.2, 0.25) is 0 Å². The molecule has 1 aromatic heterocycles. The first kappa shape index (κ1) is 16.5. The van der Waals surface area contributed by atoms with E-state index in [4.69, 9.17) is 11.6 Å². The van der Waals surface area contributed by atoms with Crippen LogP contribution in [0.4, 0.5) is 0 Å². The monoisotopic (exact) mass is 334 g/mol. The summed E-state index contributed by atoms with van der Waals surface area (Å²) in [6.45, 7) is 6.18. The number of aromatic nitrogens is 2. The fourth-order valence-corrected chi connectivity index (χ4v) is 3.22. The summed E-state index contributed by atoms with van der Waals surface area (Å²) in [6.07, 6.45) is 3.24. The number of halogens is 1. The highest BCUT2D eigenvalue weighted by atomic mass is 35.5. The summed E-state index contributed by atoms with van der Waals surface area (Å²) < 4.78 is 1.78. The molecule has 23 heavy (non-hydrogen) atoms. The van der Waals surface area contributed by atoms with Crippen LogP contribution in [-0.2, 0) is 13.1 Å². The van der Waals surface area contributed by atoms with E-state index in [9.17, 15) is 5.11 Å². The van der Waals surface area contributed by atoms with Crippen LogP contribution >= 0.6 is 11.6 Å². The molecule has 0 aliphatic carbocycles. The van der Waals surface area contributed by atoms with Crippen LogP contribution in [0.25, 0.3) is 0 Å². The number of rotatable bonds is 6. The summed E-state index contributed by atoms with van der Waals surface area (Å²) in [5.74, 6) is 0. The van der Waals surface area contributed by atoms with Crippen LogP contribution in [0.2, 0.25) is 5.02 Å². The molecule has 1 aliphatic rings. The van der Waals surface area contributed by atoms with Crippen LogP contribution < -0.4 is 0 Å². The molecule has 1 atom stereocenters. The first-order valence-electron chi connectivity index (χ1n) is 8.04. The zero-order valence-electron chi connectivity index (χ0n) is 13.2. The normalized spacial score (nSPS) is 18.2. The van der Waals surface area contributed by atoms with E-state index in [1.165, 1.54) is 5.56 Å². The van der Waals surface area contributed by atoms with Crippen molar-refractivity contribution >= 4 is 11.6 Å². The van der Waals surface area contributed by atoms with Gasteiger partial charge in [0.05, 0.1) is 12.6 Å². The Morgan fingerprint density at radius 2 is 1.87 bits per heavy atom. The highest BCUT2D eigenvalue weighted by Gasteiger charge is 2.19. The summed E-state index contributed by atoms with van der Waals surface area (Å²) in [4.78, 5) is 4.75. The minimum atomic E-state index is -0.380. The van der Waals surface area contributed by atoms with Gasteiger partial charge in [0.25, 0.3) is 0 Å². The molecular formula is C17H23ClN4O. The number of benzene rings is 1. The number of nitrogens with zero attached hydrogens (tertiary/aromatic N) is 4. The van der Waals surface area contributed by atoms with E-state index in [-0.39, 0.29) is 6.10 Å². The molecule has 1 saturated heterocycles. The van der Waals surface area contributed by atoms with Crippen molar-refractivity contribution in [3.63, 3.8) is 0 Å². The zero-order chi connectivity index (χ0) is 16.1. The Labute approximate surface area is 142 Å². The van der Waals surface area contributed by atoms with Gasteiger partial charge in [0.15, 0.2) is 0 Å². The number of piperazine rings is 1. The van der Waals surface area contributed by atoms with Crippen LogP contribution in [-0.4, -0.2) is 63.5 Å². The maximum atomic E-state index is 10.2. The minimum absolute atomic E-state index is 0.380. The topological polar surface area (TPSA) is 44.5 Å². The molecular weight excluding hydrogens is 312 g/mol. The first-order chi connectivity index (χ1) is 11.2. The van der Waals surface area contributed by atoms with Crippen molar-refractivity contribution in [1.29, 1.82) is 0 Å². The standard InChI is InChI=1S/C17H23ClN4O/c18-16-4-1-3-15(11-16)12-20-7-9-21(10-8-20)13-17(23)14-22-6-2-5-19-22/h1-6,11,17,23H,7-10,12-14H2. The highest BCUT2D eigenvalue weighted by molar-refractivity contribution is 6.30. The van der Waals surface area contributed by atoms with E-state index in [0.717, 1.165) is 37.7 Å². The summed E-state index contributed by atoms with van der Waals surface area (Å²) in [5, 5.41) is 15.1. The summed E-state index contributed by atoms with van der Waals surface area (Å²) in [7, 11) is 0. The molecule has 124 valence electrons. The van der Waals surface area contributed by atoms with E-state index in [1.54, 1.807) is 10.9 Å². The number of aliphatic hydroxyl groups excluding tert-OH is 1. The zero-order valence-corrected chi connectivity index (χ0v) is 13.9. The molecule has 6 heteroatoms. The molecule has 1 aliphatic heterocycles. The predicted octanol–water partition coefficient (Wildman–Crippen LogP) is 1.72. The van der Waals surface area contributed by atoms with E-state index < -0.39 is 0 Å². The average molecular weight is 335 g/mol. The molecule has 0 radical (unpaired) electrons. The Morgan fingerprint density at radius 1 is 1.09 bits per heavy atom. The second-order valence-corrected chi connectivity index (χ2v) is 6.53. The van der Waals surface area contributed by atoms with Crippen LogP contribution in [0, 0.1) is 0 Å². The lowest BCUT2D eigenvalue weighted by Crippen LogP contribution is -2.48. The van der Waals surface area contributed by atoms with Gasteiger partial charge in [0.1, 0.15) is 0 Å². The second-order valence-electron chi connectivity index (χ2n) is 6.09. The van der Waals surface area contributed by atoms with Crippen molar-refractivity contribution in [3.8, 4) is 0 Å². The van der Waals surface area contributed by atoms with Crippen molar-refractivity contribution in [2.45, 2.75) is 19.2 Å². The Hall–Kier alpha value is -1.40. The van der Waals surface area contributed by atoms with Crippen LogP contribution in [0.5, 0.6) is 0 Å². The molecule has 0 saturated carbocycles. The van der Waals surface area contributed by atoms with Crippen LogP contribution in [0.15, 0.2) is 42.7 Å². The fraction of sp³-hybridized carbons (Fsp3) is 0.471. The molecule has 1 fully saturated rings. The second kappa shape index (κ2) is 7.93. The summed E-state index contributed by atoms with van der Waals surface area (Å²) in [5.41, 5.74) is 1.25. The lowest BCUT2D eigenvalue weighted by Gasteiger charge is -2.35. The Morgan fingerprint density at radius 3 is 2.57 bits per heavy atom. The van der Waals surface area contributed by atoms with E-state index in [2.05, 4.69) is 21.0 Å². The fourth-order valence-electron chi connectivity index (χ4n) is 3.00. The third-order valence-electron chi connectivity index (χ3n) is 4.19. The van der Waals surface area contributed by atoms with Gasteiger partial charge in [0, 0.05) is 56.7 Å². The Bertz CT molecular complexity index is 596. The van der Waals surface area contributed by atoms with Crippen LogP contribution in [0.3, 0.4) is 0 Å². The SMILES string of the molecule is OC(CN1CCN(Cc2cccc(Cl)c2)CC1)Cn1cccn1. The van der Waals surface area contributed by atoms with Crippen molar-refractivity contribution in [1.82, 2.24) is 19.6 Å². The highest BCUT2D eigenvalue weighted by Crippen LogP contribution is 2.14. The first-order valence-corrected chi connectivity index (χ1v) is 8.41. The molecule has 3 rings (SSSR count). The van der Waals surface area contributed by atoms with Gasteiger partial charge in [-0.15, -0.1) is 0 Å². The third kappa shape index (κ3) is 5.04. The molecule has 1 N–H and O–H groups in total. The molecule has 1 unspecified atom stereocenters. The van der Waals surface area contributed by atoms with Crippen LogP contribution in [0.1, 0.15) is 5.56 Å². The third-order valence-corrected chi connectivity index (χ3v) is 4.42. The maximum absolute atomic E-state index is 10.2. The van der Waals surface area contributed by atoms with Gasteiger partial charge in [-0.1, -0.05) is 23.7 Å². The minimum Gasteiger partial charge on any atom is -0.390 e. The number of hydrogen-bond donors (Lipinski definition) is 1. The van der Waals surface area contributed by atoms with Gasteiger partial charge in [-0.05, 0) is 23.8 Å². The van der Waals surface area contributed by atoms with E-state index >= 15 is 0 Å². The average Bonchev–Trinajstić information content (AvgIpc) is 3.02. The molecule has 5 nitrogen and oxygen atoms in total. The quantitative estimate of drug-likeness (QED) is 0.873. The smallest absolute Gasteiger partial charge is 0.0862 e. The van der Waals surface area contributed by atoms with Gasteiger partial charge < -0.3 is 5.11 Å². The molecule has 2 heterocycles. The molecule has 0 amide bonds. The van der Waals surface area contributed by atoms with Crippen molar-refractivity contribution < 1.29 is 5.11 Å². The van der Waals surface area contributed by atoms with Gasteiger partial charge in [-0.2, -0.15) is 5.10 Å². The van der Waals surface area contributed by atoms with E-state index in [1.807, 2.05) is 30.5 Å². The van der Waals surface area contributed by atoms with Crippen molar-refractivity contribution in [2.24, 2.45) is 0 Å². The lowest BCUT2D eigenvalue weighted by molar-refractivity contribution is 0.0605. The molecule has 1 aromatic carbocycles. The lowest BCUT2D eigenvalue weighted by atomic mass is 10.2. The number of aliphatic hydroxyl groups is 1. The molecule has 0 bridgehead atoms. The number of β-amino-alcohol motifs (C(OH)–C–C–N with tert-alkyl or cyclic N) is 1. The van der Waals surface area contributed by atoms with E-state index in [0.29, 0.717) is 13.1 Å². The predicted molar refractivity (Wildman–Crippen MR) is 91.4 cm³/mol. The Balaban J connectivity index is 1.41. The largest absolute Gasteiger partial charge is 0.390 e. The summed E-state index contributed by atoms with van der Waals surface area (Å²) in [6, 6.07) is 9.93. The van der Waals surface area contributed by atoms with Crippen molar-refractivity contribution in [2.75, 3.05) is 32.7 Å².